The van der Waals surface area contributed by atoms with Crippen LogP contribution in [0, 0.1) is 5.92 Å². The summed E-state index contributed by atoms with van der Waals surface area (Å²) in [4.78, 5) is 44.3. The second kappa shape index (κ2) is 9.47. The second-order valence-electron chi connectivity index (χ2n) is 7.80. The summed E-state index contributed by atoms with van der Waals surface area (Å²) in [5.74, 6) is 0.201. The van der Waals surface area contributed by atoms with E-state index < -0.39 is 12.0 Å². The Morgan fingerprint density at radius 1 is 1.23 bits per heavy atom. The first kappa shape index (κ1) is 20.7. The fourth-order valence-electron chi connectivity index (χ4n) is 4.14. The van der Waals surface area contributed by atoms with Crippen LogP contribution in [0.5, 0.6) is 0 Å². The van der Waals surface area contributed by atoms with Gasteiger partial charge in [0.15, 0.2) is 5.12 Å². The van der Waals surface area contributed by atoms with Crippen LogP contribution in [0.1, 0.15) is 49.5 Å². The fraction of sp³-hybridized carbons (Fsp3) is 0.455. The Hall–Kier alpha value is -2.61. The SMILES string of the molecule is O=C1C[C@@H](C(=O)N(Cc2ccco2)[C@H](C(=O)NC2CCCC2)c2ccncc2)CS1. The lowest BCUT2D eigenvalue weighted by atomic mass is 10.0. The molecular formula is C22H25N3O4S. The molecule has 2 fully saturated rings. The summed E-state index contributed by atoms with van der Waals surface area (Å²) in [6.07, 6.45) is 9.09. The van der Waals surface area contributed by atoms with Gasteiger partial charge in [-0.1, -0.05) is 24.6 Å². The van der Waals surface area contributed by atoms with Gasteiger partial charge in [0.05, 0.1) is 18.7 Å². The van der Waals surface area contributed by atoms with Gasteiger partial charge in [0.2, 0.25) is 11.8 Å². The molecule has 3 heterocycles. The molecule has 2 aromatic heterocycles. The number of nitrogens with one attached hydrogen (secondary N) is 1. The number of amides is 2. The van der Waals surface area contributed by atoms with Crippen molar-refractivity contribution in [2.45, 2.75) is 50.7 Å². The third-order valence-electron chi connectivity index (χ3n) is 5.68. The lowest BCUT2D eigenvalue weighted by molar-refractivity contribution is -0.145. The molecule has 8 heteroatoms. The van der Waals surface area contributed by atoms with Gasteiger partial charge >= 0.3 is 0 Å². The van der Waals surface area contributed by atoms with Crippen molar-refractivity contribution in [1.29, 1.82) is 0 Å². The molecule has 1 saturated heterocycles. The largest absolute Gasteiger partial charge is 0.467 e. The van der Waals surface area contributed by atoms with Crippen LogP contribution in [0.2, 0.25) is 0 Å². The molecule has 4 rings (SSSR count). The molecule has 1 saturated carbocycles. The standard InChI is InChI=1S/C22H25N3O4S/c26-19-12-16(14-30-19)22(28)25(13-18-6-3-11-29-18)20(15-7-9-23-10-8-15)21(27)24-17-4-1-2-5-17/h3,6-11,16-17,20H,1-2,4-5,12-14H2,(H,24,27)/t16-,20+/m1/s1. The topological polar surface area (TPSA) is 92.5 Å². The van der Waals surface area contributed by atoms with Crippen LogP contribution in [0.4, 0.5) is 0 Å². The molecule has 0 bridgehead atoms. The van der Waals surface area contributed by atoms with Gasteiger partial charge in [-0.15, -0.1) is 0 Å². The molecular weight excluding hydrogens is 402 g/mol. The van der Waals surface area contributed by atoms with Gasteiger partial charge in [0.25, 0.3) is 0 Å². The zero-order valence-electron chi connectivity index (χ0n) is 16.7. The molecule has 0 unspecified atom stereocenters. The number of carbonyl (C=O) groups is 3. The molecule has 1 N–H and O–H groups in total. The van der Waals surface area contributed by atoms with Crippen molar-refractivity contribution < 1.29 is 18.8 Å². The Balaban J connectivity index is 1.66. The Morgan fingerprint density at radius 3 is 2.63 bits per heavy atom. The number of thioether (sulfide) groups is 1. The third kappa shape index (κ3) is 4.75. The molecule has 0 radical (unpaired) electrons. The predicted octanol–water partition coefficient (Wildman–Crippen LogP) is 3.08. The van der Waals surface area contributed by atoms with Gasteiger partial charge in [0.1, 0.15) is 11.8 Å². The second-order valence-corrected chi connectivity index (χ2v) is 8.88. The van der Waals surface area contributed by atoms with Gasteiger partial charge in [-0.2, -0.15) is 0 Å². The van der Waals surface area contributed by atoms with E-state index in [1.54, 1.807) is 47.8 Å². The number of aromatic nitrogens is 1. The summed E-state index contributed by atoms with van der Waals surface area (Å²) in [6.45, 7) is 0.159. The minimum absolute atomic E-state index is 0.0159. The van der Waals surface area contributed by atoms with E-state index in [1.165, 1.54) is 11.8 Å². The van der Waals surface area contributed by atoms with Crippen molar-refractivity contribution >= 4 is 28.7 Å². The molecule has 1 aliphatic carbocycles. The Bertz CT molecular complexity index is 881. The number of furan rings is 1. The molecule has 2 aromatic rings. The van der Waals surface area contributed by atoms with E-state index in [2.05, 4.69) is 10.3 Å². The van der Waals surface area contributed by atoms with Gasteiger partial charge < -0.3 is 14.6 Å². The molecule has 0 spiro atoms. The summed E-state index contributed by atoms with van der Waals surface area (Å²) in [5.41, 5.74) is 0.692. The van der Waals surface area contributed by atoms with Crippen LogP contribution in [0.25, 0.3) is 0 Å². The van der Waals surface area contributed by atoms with E-state index in [0.717, 1.165) is 25.7 Å². The number of nitrogens with zero attached hydrogens (tertiary/aromatic N) is 2. The summed E-state index contributed by atoms with van der Waals surface area (Å²) >= 11 is 1.18. The Labute approximate surface area is 179 Å². The summed E-state index contributed by atoms with van der Waals surface area (Å²) in [5, 5.41) is 3.15. The highest BCUT2D eigenvalue weighted by atomic mass is 32.2. The van der Waals surface area contributed by atoms with Crippen LogP contribution < -0.4 is 5.32 Å². The van der Waals surface area contributed by atoms with Crippen molar-refractivity contribution in [2.24, 2.45) is 5.92 Å². The monoisotopic (exact) mass is 427 g/mol. The average molecular weight is 428 g/mol. The summed E-state index contributed by atoms with van der Waals surface area (Å²) in [6, 6.07) is 6.38. The zero-order chi connectivity index (χ0) is 20.9. The van der Waals surface area contributed by atoms with Crippen LogP contribution in [-0.2, 0) is 20.9 Å². The fourth-order valence-corrected chi connectivity index (χ4v) is 5.11. The van der Waals surface area contributed by atoms with Crippen molar-refractivity contribution in [3.8, 4) is 0 Å². The van der Waals surface area contributed by atoms with E-state index in [-0.39, 0.29) is 35.9 Å². The van der Waals surface area contributed by atoms with Crippen molar-refractivity contribution in [3.63, 3.8) is 0 Å². The molecule has 1 aliphatic heterocycles. The van der Waals surface area contributed by atoms with Crippen LogP contribution in [0.15, 0.2) is 47.3 Å². The maximum Gasteiger partial charge on any atom is 0.247 e. The summed E-state index contributed by atoms with van der Waals surface area (Å²) in [7, 11) is 0. The van der Waals surface area contributed by atoms with Crippen LogP contribution >= 0.6 is 11.8 Å². The number of carbonyl (C=O) groups excluding carboxylic acids is 3. The van der Waals surface area contributed by atoms with E-state index in [0.29, 0.717) is 17.1 Å². The van der Waals surface area contributed by atoms with Gasteiger partial charge in [-0.05, 0) is 42.7 Å². The highest BCUT2D eigenvalue weighted by Crippen LogP contribution is 2.32. The highest BCUT2D eigenvalue weighted by molar-refractivity contribution is 8.14. The minimum atomic E-state index is -0.813. The lowest BCUT2D eigenvalue weighted by Gasteiger charge is -2.33. The van der Waals surface area contributed by atoms with Crippen molar-refractivity contribution in [1.82, 2.24) is 15.2 Å². The van der Waals surface area contributed by atoms with Crippen molar-refractivity contribution in [3.05, 3.63) is 54.2 Å². The maximum absolute atomic E-state index is 13.5. The molecule has 30 heavy (non-hydrogen) atoms. The molecule has 7 nitrogen and oxygen atoms in total. The van der Waals surface area contributed by atoms with E-state index in [1.807, 2.05) is 0 Å². The van der Waals surface area contributed by atoms with Gasteiger partial charge in [-0.25, -0.2) is 0 Å². The van der Waals surface area contributed by atoms with Crippen molar-refractivity contribution in [2.75, 3.05) is 5.75 Å². The minimum Gasteiger partial charge on any atom is -0.467 e. The van der Waals surface area contributed by atoms with Crippen LogP contribution in [0.3, 0.4) is 0 Å². The lowest BCUT2D eigenvalue weighted by Crippen LogP contribution is -2.47. The molecule has 0 aromatic carbocycles. The van der Waals surface area contributed by atoms with E-state index >= 15 is 0 Å². The number of pyridine rings is 1. The van der Waals surface area contributed by atoms with E-state index in [9.17, 15) is 14.4 Å². The molecule has 2 atom stereocenters. The first-order chi connectivity index (χ1) is 14.6. The quantitative estimate of drug-likeness (QED) is 0.730. The first-order valence-electron chi connectivity index (χ1n) is 10.3. The predicted molar refractivity (Wildman–Crippen MR) is 112 cm³/mol. The normalized spacial score (nSPS) is 20.3. The number of rotatable bonds is 7. The third-order valence-corrected chi connectivity index (χ3v) is 6.74. The molecule has 2 amide bonds. The average Bonchev–Trinajstić information content (AvgIpc) is 3.51. The number of hydrogen-bond acceptors (Lipinski definition) is 6. The first-order valence-corrected chi connectivity index (χ1v) is 11.3. The Morgan fingerprint density at radius 2 is 2.00 bits per heavy atom. The number of hydrogen-bond donors (Lipinski definition) is 1. The zero-order valence-corrected chi connectivity index (χ0v) is 17.5. The summed E-state index contributed by atoms with van der Waals surface area (Å²) < 4.78 is 5.49. The maximum atomic E-state index is 13.5. The molecule has 2 aliphatic rings. The van der Waals surface area contributed by atoms with Gasteiger partial charge in [0, 0.05) is 30.6 Å². The molecule has 158 valence electrons. The highest BCUT2D eigenvalue weighted by Gasteiger charge is 2.39. The smallest absolute Gasteiger partial charge is 0.247 e. The van der Waals surface area contributed by atoms with Crippen LogP contribution in [-0.4, -0.2) is 38.6 Å². The Kier molecular flexibility index (Phi) is 6.52. The van der Waals surface area contributed by atoms with Gasteiger partial charge in [-0.3, -0.25) is 19.4 Å². The van der Waals surface area contributed by atoms with E-state index in [4.69, 9.17) is 4.42 Å².